The fourth-order valence-electron chi connectivity index (χ4n) is 2.44. The van der Waals surface area contributed by atoms with E-state index in [1.165, 1.54) is 19.3 Å². The van der Waals surface area contributed by atoms with Crippen molar-refractivity contribution >= 4 is 33.3 Å². The summed E-state index contributed by atoms with van der Waals surface area (Å²) in [6.07, 6.45) is 7.97. The van der Waals surface area contributed by atoms with Crippen LogP contribution in [0, 0.1) is 6.92 Å². The number of aromatic nitrogens is 1. The molecule has 0 aliphatic heterocycles. The maximum Gasteiger partial charge on any atom is 0.129 e. The smallest absolute Gasteiger partial charge is 0.129 e. The molecule has 0 amide bonds. The zero-order valence-electron chi connectivity index (χ0n) is 10.1. The summed E-state index contributed by atoms with van der Waals surface area (Å²) >= 11 is 9.61. The molecule has 1 saturated carbocycles. The second-order valence-corrected chi connectivity index (χ2v) is 6.10. The highest BCUT2D eigenvalue weighted by molar-refractivity contribution is 9.10. The van der Waals surface area contributed by atoms with Gasteiger partial charge in [-0.25, -0.2) is 4.98 Å². The molecule has 1 heterocycles. The molecule has 1 fully saturated rings. The number of nitrogens with one attached hydrogen (secondary N) is 1. The Morgan fingerprint density at radius 1 is 1.41 bits per heavy atom. The minimum Gasteiger partial charge on any atom is -0.363 e. The van der Waals surface area contributed by atoms with E-state index in [4.69, 9.17) is 11.6 Å². The Labute approximate surface area is 116 Å². The number of anilines is 1. The van der Waals surface area contributed by atoms with Crippen molar-refractivity contribution < 1.29 is 0 Å². The maximum atomic E-state index is 6.17. The van der Waals surface area contributed by atoms with Crippen molar-refractivity contribution in [1.82, 2.24) is 4.98 Å². The molecular weight excluding hydrogens is 300 g/mol. The lowest BCUT2D eigenvalue weighted by atomic mass is 9.83. The van der Waals surface area contributed by atoms with E-state index in [1.54, 1.807) is 0 Å². The minimum absolute atomic E-state index is 0.0470. The fourth-order valence-corrected chi connectivity index (χ4v) is 3.22. The summed E-state index contributed by atoms with van der Waals surface area (Å²) < 4.78 is 1.02. The van der Waals surface area contributed by atoms with Gasteiger partial charge in [0.25, 0.3) is 0 Å². The Kier molecular flexibility index (Phi) is 4.31. The normalized spacial score (nSPS) is 19.0. The van der Waals surface area contributed by atoms with Crippen LogP contribution in [0.3, 0.4) is 0 Å². The first-order valence-electron chi connectivity index (χ1n) is 6.11. The molecule has 0 aromatic carbocycles. The van der Waals surface area contributed by atoms with Crippen molar-refractivity contribution in [2.75, 3.05) is 11.2 Å². The van der Waals surface area contributed by atoms with Gasteiger partial charge in [-0.05, 0) is 47.3 Å². The van der Waals surface area contributed by atoms with Gasteiger partial charge in [0, 0.05) is 16.5 Å². The summed E-state index contributed by atoms with van der Waals surface area (Å²) in [7, 11) is 0. The summed E-state index contributed by atoms with van der Waals surface area (Å²) in [4.78, 5) is 4.45. The van der Waals surface area contributed by atoms with Crippen LogP contribution >= 0.6 is 27.5 Å². The zero-order chi connectivity index (χ0) is 12.3. The number of aryl methyl sites for hydroxylation is 1. The average molecular weight is 318 g/mol. The summed E-state index contributed by atoms with van der Waals surface area (Å²) in [5, 5.41) is 3.58. The van der Waals surface area contributed by atoms with Crippen LogP contribution < -0.4 is 5.32 Å². The molecule has 1 aliphatic rings. The Morgan fingerprint density at radius 3 is 2.71 bits per heavy atom. The van der Waals surface area contributed by atoms with Crippen LogP contribution in [-0.2, 0) is 0 Å². The number of hydrogen-bond donors (Lipinski definition) is 1. The standard InChI is InChI=1S/C13H18BrClN2/c1-10-7-11(14)8-16-12(10)17-13(9-15)5-3-2-4-6-13/h7-8H,2-6,9H2,1H3,(H,16,17). The van der Waals surface area contributed by atoms with Crippen LogP contribution in [0.1, 0.15) is 37.7 Å². The third kappa shape index (κ3) is 3.14. The maximum absolute atomic E-state index is 6.17. The topological polar surface area (TPSA) is 24.9 Å². The Hall–Kier alpha value is -0.280. The lowest BCUT2D eigenvalue weighted by Gasteiger charge is -2.37. The van der Waals surface area contributed by atoms with Crippen LogP contribution in [0.5, 0.6) is 0 Å². The van der Waals surface area contributed by atoms with Gasteiger partial charge in [-0.1, -0.05) is 19.3 Å². The first kappa shape index (κ1) is 13.2. The van der Waals surface area contributed by atoms with Crippen LogP contribution in [0.2, 0.25) is 0 Å². The van der Waals surface area contributed by atoms with Gasteiger partial charge in [-0.3, -0.25) is 0 Å². The predicted octanol–water partition coefficient (Wildman–Crippen LogP) is 4.51. The van der Waals surface area contributed by atoms with Gasteiger partial charge < -0.3 is 5.32 Å². The van der Waals surface area contributed by atoms with E-state index < -0.39 is 0 Å². The van der Waals surface area contributed by atoms with E-state index in [9.17, 15) is 0 Å². The number of rotatable bonds is 3. The SMILES string of the molecule is Cc1cc(Br)cnc1NC1(CCl)CCCCC1. The van der Waals surface area contributed by atoms with Gasteiger partial charge in [0.05, 0.1) is 5.54 Å². The van der Waals surface area contributed by atoms with Crippen molar-refractivity contribution in [3.63, 3.8) is 0 Å². The van der Waals surface area contributed by atoms with E-state index in [0.29, 0.717) is 5.88 Å². The van der Waals surface area contributed by atoms with Gasteiger partial charge in [0.15, 0.2) is 0 Å². The number of pyridine rings is 1. The number of halogens is 2. The molecule has 0 saturated heterocycles. The molecule has 1 aromatic heterocycles. The summed E-state index contributed by atoms with van der Waals surface area (Å²) in [5.41, 5.74) is 1.21. The van der Waals surface area contributed by atoms with Gasteiger partial charge in [0.1, 0.15) is 5.82 Å². The largest absolute Gasteiger partial charge is 0.363 e. The molecule has 1 aromatic rings. The van der Waals surface area contributed by atoms with Crippen LogP contribution in [0.4, 0.5) is 5.82 Å². The van der Waals surface area contributed by atoms with Gasteiger partial charge in [-0.2, -0.15) is 0 Å². The second kappa shape index (κ2) is 5.57. The molecule has 1 N–H and O–H groups in total. The van der Waals surface area contributed by atoms with E-state index in [1.807, 2.05) is 6.20 Å². The summed E-state index contributed by atoms with van der Waals surface area (Å²) in [5.74, 6) is 1.63. The fraction of sp³-hybridized carbons (Fsp3) is 0.615. The van der Waals surface area contributed by atoms with Gasteiger partial charge >= 0.3 is 0 Å². The lowest BCUT2D eigenvalue weighted by Crippen LogP contribution is -2.42. The lowest BCUT2D eigenvalue weighted by molar-refractivity contribution is 0.352. The third-order valence-electron chi connectivity index (χ3n) is 3.49. The number of hydrogen-bond acceptors (Lipinski definition) is 2. The molecule has 0 bridgehead atoms. The molecule has 94 valence electrons. The molecule has 0 unspecified atom stereocenters. The van der Waals surface area contributed by atoms with E-state index in [0.717, 1.165) is 28.7 Å². The van der Waals surface area contributed by atoms with Crippen molar-refractivity contribution in [1.29, 1.82) is 0 Å². The van der Waals surface area contributed by atoms with Crippen molar-refractivity contribution in [3.8, 4) is 0 Å². The third-order valence-corrected chi connectivity index (χ3v) is 4.44. The molecule has 2 nitrogen and oxygen atoms in total. The molecular formula is C13H18BrClN2. The minimum atomic E-state index is 0.0470. The number of alkyl halides is 1. The molecule has 0 atom stereocenters. The molecule has 2 rings (SSSR count). The molecule has 1 aliphatic carbocycles. The van der Waals surface area contributed by atoms with E-state index in [2.05, 4.69) is 39.2 Å². The molecule has 17 heavy (non-hydrogen) atoms. The van der Waals surface area contributed by atoms with E-state index >= 15 is 0 Å². The van der Waals surface area contributed by atoms with Gasteiger partial charge in [-0.15, -0.1) is 11.6 Å². The molecule has 0 spiro atoms. The highest BCUT2D eigenvalue weighted by Crippen LogP contribution is 2.33. The van der Waals surface area contributed by atoms with Gasteiger partial charge in [0.2, 0.25) is 0 Å². The summed E-state index contributed by atoms with van der Waals surface area (Å²) in [6.45, 7) is 2.07. The Bertz CT molecular complexity index is 389. The van der Waals surface area contributed by atoms with E-state index in [-0.39, 0.29) is 5.54 Å². The van der Waals surface area contributed by atoms with Crippen LogP contribution in [0.25, 0.3) is 0 Å². The first-order valence-corrected chi connectivity index (χ1v) is 7.44. The predicted molar refractivity (Wildman–Crippen MR) is 76.8 cm³/mol. The van der Waals surface area contributed by atoms with Crippen molar-refractivity contribution in [2.24, 2.45) is 0 Å². The first-order chi connectivity index (χ1) is 8.15. The highest BCUT2D eigenvalue weighted by Gasteiger charge is 2.31. The zero-order valence-corrected chi connectivity index (χ0v) is 12.4. The Balaban J connectivity index is 2.17. The second-order valence-electron chi connectivity index (χ2n) is 4.92. The monoisotopic (exact) mass is 316 g/mol. The molecule has 0 radical (unpaired) electrons. The quantitative estimate of drug-likeness (QED) is 0.830. The molecule has 4 heteroatoms. The van der Waals surface area contributed by atoms with Crippen molar-refractivity contribution in [2.45, 2.75) is 44.6 Å². The van der Waals surface area contributed by atoms with Crippen molar-refractivity contribution in [3.05, 3.63) is 22.3 Å². The number of nitrogens with zero attached hydrogens (tertiary/aromatic N) is 1. The summed E-state index contributed by atoms with van der Waals surface area (Å²) in [6, 6.07) is 2.08. The van der Waals surface area contributed by atoms with Crippen LogP contribution in [-0.4, -0.2) is 16.4 Å². The Morgan fingerprint density at radius 2 is 2.12 bits per heavy atom. The van der Waals surface area contributed by atoms with Crippen LogP contribution in [0.15, 0.2) is 16.7 Å². The highest BCUT2D eigenvalue weighted by atomic mass is 79.9. The average Bonchev–Trinajstić information content (AvgIpc) is 2.34.